The fourth-order valence-corrected chi connectivity index (χ4v) is 5.43. The monoisotopic (exact) mass is 478 g/mol. The van der Waals surface area contributed by atoms with E-state index < -0.39 is 0 Å². The largest absolute Gasteiger partial charge is 0.301 e. The Hall–Kier alpha value is -2.97. The molecule has 1 amide bonds. The second-order valence-corrected chi connectivity index (χ2v) is 9.83. The first-order valence-electron chi connectivity index (χ1n) is 10.7. The minimum absolute atomic E-state index is 0.0694. The van der Waals surface area contributed by atoms with Crippen molar-refractivity contribution in [1.82, 2.24) is 15.0 Å². The third kappa shape index (κ3) is 5.17. The molecule has 0 fully saturated rings. The summed E-state index contributed by atoms with van der Waals surface area (Å²) < 4.78 is 1.07. The summed E-state index contributed by atoms with van der Waals surface area (Å²) in [5.74, 6) is -0.0694. The van der Waals surface area contributed by atoms with Gasteiger partial charge in [-0.15, -0.1) is 0 Å². The number of thioether (sulfide) groups is 1. The van der Waals surface area contributed by atoms with E-state index in [0.717, 1.165) is 21.3 Å². The van der Waals surface area contributed by atoms with Crippen molar-refractivity contribution in [2.45, 2.75) is 45.3 Å². The highest BCUT2D eigenvalue weighted by molar-refractivity contribution is 7.98. The van der Waals surface area contributed by atoms with E-state index in [-0.39, 0.29) is 17.9 Å². The smallest absolute Gasteiger partial charge is 0.254 e. The first-order valence-corrected chi connectivity index (χ1v) is 12.8. The molecule has 0 spiro atoms. The zero-order valence-electron chi connectivity index (χ0n) is 19.1. The maximum absolute atomic E-state index is 13.5. The second kappa shape index (κ2) is 9.89. The molecule has 0 unspecified atom stereocenters. The Morgan fingerprint density at radius 1 is 1.12 bits per heavy atom. The second-order valence-electron chi connectivity index (χ2n) is 8.03. The van der Waals surface area contributed by atoms with Gasteiger partial charge in [0.25, 0.3) is 5.56 Å². The number of fused-ring (bicyclic) bond motifs is 1. The minimum atomic E-state index is -0.180. The lowest BCUT2D eigenvalue weighted by Gasteiger charge is -2.20. The molecule has 0 aliphatic heterocycles. The van der Waals surface area contributed by atoms with Crippen LogP contribution in [0, 0.1) is 20.8 Å². The first-order chi connectivity index (χ1) is 15.9. The van der Waals surface area contributed by atoms with Gasteiger partial charge in [0.05, 0.1) is 16.8 Å². The first kappa shape index (κ1) is 23.2. The molecule has 4 aromatic rings. The molecule has 0 aliphatic carbocycles. The van der Waals surface area contributed by atoms with Gasteiger partial charge in [-0.05, 0) is 56.2 Å². The molecule has 33 heavy (non-hydrogen) atoms. The van der Waals surface area contributed by atoms with Crippen molar-refractivity contribution in [3.05, 3.63) is 80.8 Å². The van der Waals surface area contributed by atoms with E-state index in [0.29, 0.717) is 34.5 Å². The number of aryl methyl sites for hydroxylation is 3. The van der Waals surface area contributed by atoms with Crippen molar-refractivity contribution >= 4 is 44.4 Å². The third-order valence-corrected chi connectivity index (χ3v) is 7.12. The molecule has 2 aromatic carbocycles. The summed E-state index contributed by atoms with van der Waals surface area (Å²) >= 11 is 2.91. The predicted octanol–water partition coefficient (Wildman–Crippen LogP) is 5.19. The molecule has 2 heterocycles. The van der Waals surface area contributed by atoms with E-state index in [1.165, 1.54) is 28.7 Å². The molecule has 0 atom stereocenters. The quantitative estimate of drug-likeness (QED) is 0.292. The van der Waals surface area contributed by atoms with Crippen LogP contribution in [0.4, 0.5) is 5.13 Å². The van der Waals surface area contributed by atoms with Gasteiger partial charge in [0.1, 0.15) is 0 Å². The molecule has 0 radical (unpaired) electrons. The van der Waals surface area contributed by atoms with Crippen LogP contribution in [-0.4, -0.2) is 27.1 Å². The third-order valence-electron chi connectivity index (χ3n) is 5.52. The Kier molecular flexibility index (Phi) is 6.95. The summed E-state index contributed by atoms with van der Waals surface area (Å²) in [5.41, 5.74) is 5.26. The lowest BCUT2D eigenvalue weighted by atomic mass is 10.1. The highest BCUT2D eigenvalue weighted by Gasteiger charge is 2.22. The van der Waals surface area contributed by atoms with Gasteiger partial charge in [-0.3, -0.25) is 14.5 Å². The standard InChI is InChI=1S/C25H26N4O2S2/c1-15-12-16(2)22-20(13-15)33-25(27-22)29(14-18-8-6-5-7-9-18)21(30)11-10-19-17(3)26-24(32-4)28-23(19)31/h5-9,12-13H,10-11,14H2,1-4H3,(H,26,28,31). The highest BCUT2D eigenvalue weighted by atomic mass is 32.2. The Bertz CT molecular complexity index is 1360. The topological polar surface area (TPSA) is 79.0 Å². The van der Waals surface area contributed by atoms with Crippen LogP contribution in [0.1, 0.15) is 34.4 Å². The Morgan fingerprint density at radius 2 is 1.88 bits per heavy atom. The fraction of sp³-hybridized carbons (Fsp3) is 0.280. The van der Waals surface area contributed by atoms with Crippen LogP contribution in [0.2, 0.25) is 0 Å². The number of anilines is 1. The SMILES string of the molecule is CSc1nc(C)c(CCC(=O)N(Cc2ccccc2)c2nc3c(C)cc(C)cc3s2)c(=O)[nH]1. The summed E-state index contributed by atoms with van der Waals surface area (Å²) in [7, 11) is 0. The van der Waals surface area contributed by atoms with Gasteiger partial charge in [0.15, 0.2) is 10.3 Å². The van der Waals surface area contributed by atoms with Crippen molar-refractivity contribution in [3.63, 3.8) is 0 Å². The number of hydrogen-bond acceptors (Lipinski definition) is 6. The van der Waals surface area contributed by atoms with Crippen molar-refractivity contribution in [3.8, 4) is 0 Å². The molecule has 0 saturated heterocycles. The molecule has 0 bridgehead atoms. The van der Waals surface area contributed by atoms with Crippen LogP contribution >= 0.6 is 23.1 Å². The maximum Gasteiger partial charge on any atom is 0.254 e. The Morgan fingerprint density at radius 3 is 2.58 bits per heavy atom. The number of aromatic amines is 1. The van der Waals surface area contributed by atoms with E-state index in [1.807, 2.05) is 50.4 Å². The summed E-state index contributed by atoms with van der Waals surface area (Å²) in [4.78, 5) is 39.7. The van der Waals surface area contributed by atoms with Crippen LogP contribution in [-0.2, 0) is 17.8 Å². The number of aromatic nitrogens is 3. The average molecular weight is 479 g/mol. The lowest BCUT2D eigenvalue weighted by molar-refractivity contribution is -0.118. The van der Waals surface area contributed by atoms with E-state index >= 15 is 0 Å². The number of H-pyrrole nitrogens is 1. The van der Waals surface area contributed by atoms with Gasteiger partial charge in [-0.2, -0.15) is 0 Å². The molecular formula is C25H26N4O2S2. The van der Waals surface area contributed by atoms with Gasteiger partial charge >= 0.3 is 0 Å². The number of benzene rings is 2. The number of rotatable bonds is 7. The summed E-state index contributed by atoms with van der Waals surface area (Å²) in [5, 5.41) is 1.26. The van der Waals surface area contributed by atoms with Crippen molar-refractivity contribution in [2.75, 3.05) is 11.2 Å². The minimum Gasteiger partial charge on any atom is -0.301 e. The molecule has 0 aliphatic rings. The Labute approximate surface area is 201 Å². The normalized spacial score (nSPS) is 11.2. The fourth-order valence-electron chi connectivity index (χ4n) is 3.85. The number of hydrogen-bond donors (Lipinski definition) is 1. The van der Waals surface area contributed by atoms with E-state index in [9.17, 15) is 9.59 Å². The highest BCUT2D eigenvalue weighted by Crippen LogP contribution is 2.33. The molecule has 4 rings (SSSR count). The average Bonchev–Trinajstić information content (AvgIpc) is 3.21. The van der Waals surface area contributed by atoms with E-state index in [2.05, 4.69) is 29.0 Å². The van der Waals surface area contributed by atoms with Crippen LogP contribution in [0.25, 0.3) is 10.2 Å². The molecule has 2 aromatic heterocycles. The van der Waals surface area contributed by atoms with Gasteiger partial charge in [-0.25, -0.2) is 9.97 Å². The van der Waals surface area contributed by atoms with Crippen LogP contribution in [0.15, 0.2) is 52.4 Å². The van der Waals surface area contributed by atoms with Crippen LogP contribution < -0.4 is 10.5 Å². The summed E-state index contributed by atoms with van der Waals surface area (Å²) in [6, 6.07) is 14.1. The molecule has 6 nitrogen and oxygen atoms in total. The van der Waals surface area contributed by atoms with Gasteiger partial charge in [0.2, 0.25) is 5.91 Å². The predicted molar refractivity (Wildman–Crippen MR) is 136 cm³/mol. The van der Waals surface area contributed by atoms with E-state index in [1.54, 1.807) is 4.90 Å². The molecule has 1 N–H and O–H groups in total. The molecule has 170 valence electrons. The van der Waals surface area contributed by atoms with Gasteiger partial charge in [-0.1, -0.05) is 59.5 Å². The van der Waals surface area contributed by atoms with E-state index in [4.69, 9.17) is 4.98 Å². The van der Waals surface area contributed by atoms with Crippen LogP contribution in [0.5, 0.6) is 0 Å². The van der Waals surface area contributed by atoms with Crippen molar-refractivity contribution < 1.29 is 4.79 Å². The molecule has 0 saturated carbocycles. The lowest BCUT2D eigenvalue weighted by Crippen LogP contribution is -2.31. The van der Waals surface area contributed by atoms with Crippen molar-refractivity contribution in [2.24, 2.45) is 0 Å². The van der Waals surface area contributed by atoms with Crippen LogP contribution in [0.3, 0.4) is 0 Å². The number of nitrogens with zero attached hydrogens (tertiary/aromatic N) is 3. The molecule has 8 heteroatoms. The zero-order chi connectivity index (χ0) is 23.5. The number of carbonyl (C=O) groups excluding carboxylic acids is 1. The van der Waals surface area contributed by atoms with Gasteiger partial charge < -0.3 is 4.98 Å². The van der Waals surface area contributed by atoms with Gasteiger partial charge in [0, 0.05) is 17.7 Å². The molecular weight excluding hydrogens is 452 g/mol. The maximum atomic E-state index is 13.5. The summed E-state index contributed by atoms with van der Waals surface area (Å²) in [6.45, 7) is 6.35. The number of amides is 1. The Balaban J connectivity index is 1.65. The number of thiazole rings is 1. The number of nitrogens with one attached hydrogen (secondary N) is 1. The summed E-state index contributed by atoms with van der Waals surface area (Å²) in [6.07, 6.45) is 2.39. The van der Waals surface area contributed by atoms with Crippen molar-refractivity contribution in [1.29, 1.82) is 0 Å². The number of carbonyl (C=O) groups is 1. The zero-order valence-corrected chi connectivity index (χ0v) is 20.8.